The van der Waals surface area contributed by atoms with Crippen LogP contribution in [-0.2, 0) is 0 Å². The highest BCUT2D eigenvalue weighted by atomic mass is 19.1. The average molecular weight is 236 g/mol. The molecule has 1 aromatic rings. The number of rotatable bonds is 2. The van der Waals surface area contributed by atoms with E-state index in [2.05, 4.69) is 13.8 Å². The molecule has 1 fully saturated rings. The van der Waals surface area contributed by atoms with Gasteiger partial charge in [-0.15, -0.1) is 0 Å². The van der Waals surface area contributed by atoms with Crippen LogP contribution in [0.3, 0.4) is 0 Å². The van der Waals surface area contributed by atoms with Crippen LogP contribution in [0.4, 0.5) is 4.39 Å². The lowest BCUT2D eigenvalue weighted by Crippen LogP contribution is -2.25. The second kappa shape index (κ2) is 4.77. The molecule has 1 atom stereocenters. The molecule has 2 rings (SSSR count). The third kappa shape index (κ3) is 3.06. The molecule has 1 aromatic carbocycles. The van der Waals surface area contributed by atoms with Gasteiger partial charge in [-0.3, -0.25) is 0 Å². The summed E-state index contributed by atoms with van der Waals surface area (Å²) in [5, 5.41) is 10.3. The van der Waals surface area contributed by atoms with E-state index in [-0.39, 0.29) is 5.82 Å². The molecule has 0 bridgehead atoms. The molecule has 1 aliphatic carbocycles. The smallest absolute Gasteiger partial charge is 0.123 e. The van der Waals surface area contributed by atoms with Crippen molar-refractivity contribution in [2.75, 3.05) is 0 Å². The molecule has 1 nitrogen and oxygen atoms in total. The van der Waals surface area contributed by atoms with Crippen LogP contribution in [0, 0.1) is 17.2 Å². The van der Waals surface area contributed by atoms with E-state index in [1.807, 2.05) is 0 Å². The fraction of sp³-hybridized carbons (Fsp3) is 0.600. The fourth-order valence-electron chi connectivity index (χ4n) is 2.67. The van der Waals surface area contributed by atoms with Gasteiger partial charge in [-0.05, 0) is 54.7 Å². The average Bonchev–Trinajstić information content (AvgIpc) is 2.29. The fourth-order valence-corrected chi connectivity index (χ4v) is 2.67. The van der Waals surface area contributed by atoms with Crippen LogP contribution in [-0.4, -0.2) is 5.11 Å². The maximum absolute atomic E-state index is 12.8. The zero-order valence-electron chi connectivity index (χ0n) is 10.6. The summed E-state index contributed by atoms with van der Waals surface area (Å²) in [5.41, 5.74) is 1.26. The predicted octanol–water partition coefficient (Wildman–Crippen LogP) is 4.08. The summed E-state index contributed by atoms with van der Waals surface area (Å²) in [4.78, 5) is 0. The molecule has 2 heteroatoms. The Bertz CT molecular complexity index is 359. The van der Waals surface area contributed by atoms with Crippen LogP contribution in [0.2, 0.25) is 0 Å². The van der Waals surface area contributed by atoms with Crippen molar-refractivity contribution in [1.29, 1.82) is 0 Å². The summed E-state index contributed by atoms with van der Waals surface area (Å²) >= 11 is 0. The van der Waals surface area contributed by atoms with E-state index in [1.165, 1.54) is 12.1 Å². The molecule has 17 heavy (non-hydrogen) atoms. The summed E-state index contributed by atoms with van der Waals surface area (Å²) in [6, 6.07) is 6.23. The molecule has 1 unspecified atom stereocenters. The molecule has 0 saturated heterocycles. The molecule has 1 N–H and O–H groups in total. The van der Waals surface area contributed by atoms with Crippen molar-refractivity contribution in [3.8, 4) is 0 Å². The molecule has 0 radical (unpaired) electrons. The first kappa shape index (κ1) is 12.6. The Hall–Kier alpha value is -0.890. The van der Waals surface area contributed by atoms with Gasteiger partial charge >= 0.3 is 0 Å². The lowest BCUT2D eigenvalue weighted by atomic mass is 9.71. The number of halogens is 1. The van der Waals surface area contributed by atoms with Gasteiger partial charge in [0, 0.05) is 0 Å². The van der Waals surface area contributed by atoms with Crippen molar-refractivity contribution >= 4 is 0 Å². The third-order valence-corrected chi connectivity index (χ3v) is 4.04. The van der Waals surface area contributed by atoms with Gasteiger partial charge in [-0.2, -0.15) is 0 Å². The maximum atomic E-state index is 12.8. The Morgan fingerprint density at radius 2 is 1.71 bits per heavy atom. The number of aliphatic hydroxyl groups is 1. The standard InChI is InChI=1S/C15H21FO/c1-15(2)9-7-12(8-10-15)14(17)11-3-5-13(16)6-4-11/h3-6,12,14,17H,7-10H2,1-2H3. The molecule has 0 aromatic heterocycles. The SMILES string of the molecule is CC1(C)CCC(C(O)c2ccc(F)cc2)CC1. The minimum Gasteiger partial charge on any atom is -0.388 e. The zero-order valence-corrected chi connectivity index (χ0v) is 10.6. The monoisotopic (exact) mass is 236 g/mol. The maximum Gasteiger partial charge on any atom is 0.123 e. The highest BCUT2D eigenvalue weighted by Gasteiger charge is 2.31. The quantitative estimate of drug-likeness (QED) is 0.820. The van der Waals surface area contributed by atoms with Gasteiger partial charge in [0.25, 0.3) is 0 Å². The first-order valence-corrected chi connectivity index (χ1v) is 6.41. The molecular weight excluding hydrogens is 215 g/mol. The Morgan fingerprint density at radius 3 is 2.24 bits per heavy atom. The first-order chi connectivity index (χ1) is 7.98. The minimum absolute atomic E-state index is 0.245. The predicted molar refractivity (Wildman–Crippen MR) is 67.1 cm³/mol. The number of benzene rings is 1. The van der Waals surface area contributed by atoms with Gasteiger partial charge in [-0.1, -0.05) is 26.0 Å². The van der Waals surface area contributed by atoms with E-state index in [0.29, 0.717) is 11.3 Å². The molecule has 1 aliphatic rings. The summed E-state index contributed by atoms with van der Waals surface area (Å²) < 4.78 is 12.8. The first-order valence-electron chi connectivity index (χ1n) is 6.41. The van der Waals surface area contributed by atoms with Crippen molar-refractivity contribution in [2.45, 2.75) is 45.6 Å². The van der Waals surface area contributed by atoms with Gasteiger partial charge in [-0.25, -0.2) is 4.39 Å². The second-order valence-corrected chi connectivity index (χ2v) is 6.00. The van der Waals surface area contributed by atoms with Crippen molar-refractivity contribution in [3.63, 3.8) is 0 Å². The van der Waals surface area contributed by atoms with Gasteiger partial charge < -0.3 is 5.11 Å². The minimum atomic E-state index is -0.438. The van der Waals surface area contributed by atoms with Crippen molar-refractivity contribution in [2.24, 2.45) is 11.3 Å². The molecule has 0 spiro atoms. The van der Waals surface area contributed by atoms with Gasteiger partial charge in [0.15, 0.2) is 0 Å². The van der Waals surface area contributed by atoms with Gasteiger partial charge in [0.1, 0.15) is 5.82 Å². The molecule has 94 valence electrons. The van der Waals surface area contributed by atoms with Crippen LogP contribution < -0.4 is 0 Å². The van der Waals surface area contributed by atoms with E-state index in [1.54, 1.807) is 12.1 Å². The second-order valence-electron chi connectivity index (χ2n) is 6.00. The lowest BCUT2D eigenvalue weighted by molar-refractivity contribution is 0.0567. The van der Waals surface area contributed by atoms with Crippen LogP contribution in [0.1, 0.15) is 51.2 Å². The molecule has 0 amide bonds. The van der Waals surface area contributed by atoms with Crippen molar-refractivity contribution in [3.05, 3.63) is 35.6 Å². The van der Waals surface area contributed by atoms with Gasteiger partial charge in [0.05, 0.1) is 6.10 Å². The van der Waals surface area contributed by atoms with E-state index < -0.39 is 6.10 Å². The van der Waals surface area contributed by atoms with Crippen LogP contribution >= 0.6 is 0 Å². The molecular formula is C15H21FO. The van der Waals surface area contributed by atoms with E-state index in [9.17, 15) is 9.50 Å². The third-order valence-electron chi connectivity index (χ3n) is 4.04. The molecule has 0 heterocycles. The number of hydrogen-bond acceptors (Lipinski definition) is 1. The molecule has 1 saturated carbocycles. The Labute approximate surface area is 103 Å². The number of hydrogen-bond donors (Lipinski definition) is 1. The van der Waals surface area contributed by atoms with Crippen molar-refractivity contribution in [1.82, 2.24) is 0 Å². The summed E-state index contributed by atoms with van der Waals surface area (Å²) in [7, 11) is 0. The van der Waals surface area contributed by atoms with E-state index in [4.69, 9.17) is 0 Å². The zero-order chi connectivity index (χ0) is 12.5. The lowest BCUT2D eigenvalue weighted by Gasteiger charge is -2.36. The van der Waals surface area contributed by atoms with E-state index in [0.717, 1.165) is 31.2 Å². The summed E-state index contributed by atoms with van der Waals surface area (Å²) in [6.45, 7) is 4.57. The van der Waals surface area contributed by atoms with Crippen LogP contribution in [0.15, 0.2) is 24.3 Å². The highest BCUT2D eigenvalue weighted by molar-refractivity contribution is 5.19. The Balaban J connectivity index is 2.01. The topological polar surface area (TPSA) is 20.2 Å². The van der Waals surface area contributed by atoms with Crippen molar-refractivity contribution < 1.29 is 9.50 Å². The Kier molecular flexibility index (Phi) is 3.53. The van der Waals surface area contributed by atoms with E-state index >= 15 is 0 Å². The van der Waals surface area contributed by atoms with Crippen LogP contribution in [0.5, 0.6) is 0 Å². The molecule has 0 aliphatic heterocycles. The summed E-state index contributed by atoms with van der Waals surface area (Å²) in [6.07, 6.45) is 4.01. The highest BCUT2D eigenvalue weighted by Crippen LogP contribution is 2.42. The van der Waals surface area contributed by atoms with Crippen LogP contribution in [0.25, 0.3) is 0 Å². The largest absolute Gasteiger partial charge is 0.388 e. The normalized spacial score (nSPS) is 22.4. The Morgan fingerprint density at radius 1 is 1.18 bits per heavy atom. The van der Waals surface area contributed by atoms with Gasteiger partial charge in [0.2, 0.25) is 0 Å². The summed E-state index contributed by atoms with van der Waals surface area (Å²) in [5.74, 6) is 0.0826. The number of aliphatic hydroxyl groups excluding tert-OH is 1.